The molecular weight excluding hydrogens is 299 g/mol. The van der Waals surface area contributed by atoms with Crippen LogP contribution in [0.4, 0.5) is 19.0 Å². The molecule has 2 atom stereocenters. The van der Waals surface area contributed by atoms with Gasteiger partial charge in [0.1, 0.15) is 5.82 Å². The van der Waals surface area contributed by atoms with Gasteiger partial charge in [0.05, 0.1) is 6.10 Å². The molecule has 6 nitrogen and oxygen atoms in total. The number of piperidine rings is 1. The highest BCUT2D eigenvalue weighted by Gasteiger charge is 2.38. The molecule has 2 aromatic rings. The molecule has 1 fully saturated rings. The lowest BCUT2D eigenvalue weighted by molar-refractivity contribution is -0.146. The van der Waals surface area contributed by atoms with Crippen LogP contribution >= 0.6 is 0 Å². The summed E-state index contributed by atoms with van der Waals surface area (Å²) in [5, 5.41) is 10.7. The molecular formula is C13H16F3N5O. The van der Waals surface area contributed by atoms with E-state index in [1.165, 1.54) is 6.07 Å². The summed E-state index contributed by atoms with van der Waals surface area (Å²) in [6.45, 7) is 3.42. The van der Waals surface area contributed by atoms with Crippen molar-refractivity contribution in [2.24, 2.45) is 5.92 Å². The number of nitrogens with zero attached hydrogens (tertiary/aromatic N) is 5. The van der Waals surface area contributed by atoms with Gasteiger partial charge in [-0.1, -0.05) is 6.92 Å². The summed E-state index contributed by atoms with van der Waals surface area (Å²) in [5.74, 6) is -0.240. The number of methoxy groups -OCH3 is 1. The SMILES string of the molecule is COC1CN(c2ccc3nnc(C(F)(F)F)n3n2)CCC1C. The van der Waals surface area contributed by atoms with Gasteiger partial charge in [-0.05, 0) is 24.5 Å². The lowest BCUT2D eigenvalue weighted by atomic mass is 9.96. The average Bonchev–Trinajstić information content (AvgIpc) is 2.90. The number of hydrogen-bond donors (Lipinski definition) is 0. The van der Waals surface area contributed by atoms with Crippen molar-refractivity contribution in [1.29, 1.82) is 0 Å². The standard InChI is InChI=1S/C13H16F3N5O/c1-8-5-6-20(7-9(8)22-2)11-4-3-10-17-18-12(13(14,15)16)21(10)19-11/h3-4,8-9H,5-7H2,1-2H3. The summed E-state index contributed by atoms with van der Waals surface area (Å²) in [7, 11) is 1.64. The number of ether oxygens (including phenoxy) is 1. The molecule has 0 aromatic carbocycles. The molecule has 1 aliphatic rings. The topological polar surface area (TPSA) is 55.5 Å². The van der Waals surface area contributed by atoms with Crippen LogP contribution in [0, 0.1) is 5.92 Å². The molecule has 0 radical (unpaired) electrons. The fraction of sp³-hybridized carbons (Fsp3) is 0.615. The molecule has 3 rings (SSSR count). The first kappa shape index (κ1) is 15.0. The molecule has 0 aliphatic carbocycles. The zero-order valence-electron chi connectivity index (χ0n) is 12.2. The maximum absolute atomic E-state index is 12.9. The highest BCUT2D eigenvalue weighted by atomic mass is 19.4. The molecule has 0 N–H and O–H groups in total. The van der Waals surface area contributed by atoms with Gasteiger partial charge in [0.2, 0.25) is 0 Å². The Balaban J connectivity index is 1.95. The van der Waals surface area contributed by atoms with Crippen molar-refractivity contribution >= 4 is 11.5 Å². The summed E-state index contributed by atoms with van der Waals surface area (Å²) in [5.41, 5.74) is 0.0738. The van der Waals surface area contributed by atoms with Gasteiger partial charge in [-0.15, -0.1) is 15.3 Å². The second kappa shape index (κ2) is 5.38. The van der Waals surface area contributed by atoms with E-state index in [2.05, 4.69) is 22.2 Å². The molecule has 0 bridgehead atoms. The maximum atomic E-state index is 12.9. The van der Waals surface area contributed by atoms with Crippen LogP contribution in [0.3, 0.4) is 0 Å². The predicted molar refractivity (Wildman–Crippen MR) is 72.6 cm³/mol. The number of halogens is 3. The number of hydrogen-bond acceptors (Lipinski definition) is 5. The van der Waals surface area contributed by atoms with Crippen LogP contribution in [0.2, 0.25) is 0 Å². The minimum absolute atomic E-state index is 0.0363. The van der Waals surface area contributed by atoms with Crippen LogP contribution in [0.1, 0.15) is 19.2 Å². The van der Waals surface area contributed by atoms with Crippen molar-refractivity contribution in [1.82, 2.24) is 19.8 Å². The number of aromatic nitrogens is 4. The Hall–Kier alpha value is -1.90. The van der Waals surface area contributed by atoms with Crippen molar-refractivity contribution in [3.63, 3.8) is 0 Å². The third-order valence-corrected chi connectivity index (χ3v) is 4.02. The van der Waals surface area contributed by atoms with E-state index in [1.54, 1.807) is 13.2 Å². The Morgan fingerprint density at radius 2 is 2.05 bits per heavy atom. The Labute approximate surface area is 124 Å². The van der Waals surface area contributed by atoms with Gasteiger partial charge in [0, 0.05) is 20.2 Å². The third-order valence-electron chi connectivity index (χ3n) is 4.02. The van der Waals surface area contributed by atoms with Gasteiger partial charge in [0.25, 0.3) is 5.82 Å². The lowest BCUT2D eigenvalue weighted by Gasteiger charge is -2.36. The van der Waals surface area contributed by atoms with Gasteiger partial charge < -0.3 is 9.64 Å². The highest BCUT2D eigenvalue weighted by Crippen LogP contribution is 2.28. The molecule has 0 spiro atoms. The second-order valence-corrected chi connectivity index (χ2v) is 5.47. The predicted octanol–water partition coefficient (Wildman–Crippen LogP) is 2.00. The smallest absolute Gasteiger partial charge is 0.379 e. The number of rotatable bonds is 2. The van der Waals surface area contributed by atoms with Crippen LogP contribution in [-0.4, -0.2) is 46.1 Å². The quantitative estimate of drug-likeness (QED) is 0.848. The Bertz CT molecular complexity index is 671. The van der Waals surface area contributed by atoms with Crippen molar-refractivity contribution in [3.8, 4) is 0 Å². The molecule has 3 heterocycles. The van der Waals surface area contributed by atoms with E-state index in [0.717, 1.165) is 17.5 Å². The molecule has 120 valence electrons. The van der Waals surface area contributed by atoms with E-state index in [9.17, 15) is 13.2 Å². The van der Waals surface area contributed by atoms with Crippen LogP contribution in [0.15, 0.2) is 12.1 Å². The number of anilines is 1. The minimum atomic E-state index is -4.59. The summed E-state index contributed by atoms with van der Waals surface area (Å²) in [6, 6.07) is 3.15. The fourth-order valence-electron chi connectivity index (χ4n) is 2.67. The third kappa shape index (κ3) is 2.60. The van der Waals surface area contributed by atoms with Gasteiger partial charge in [-0.3, -0.25) is 0 Å². The van der Waals surface area contributed by atoms with E-state index in [-0.39, 0.29) is 11.8 Å². The highest BCUT2D eigenvalue weighted by molar-refractivity contribution is 5.46. The average molecular weight is 315 g/mol. The van der Waals surface area contributed by atoms with E-state index < -0.39 is 12.0 Å². The molecule has 0 saturated carbocycles. The monoisotopic (exact) mass is 315 g/mol. The summed E-state index contributed by atoms with van der Waals surface area (Å²) < 4.78 is 44.9. The van der Waals surface area contributed by atoms with E-state index >= 15 is 0 Å². The molecule has 2 unspecified atom stereocenters. The Kier molecular flexibility index (Phi) is 3.67. The largest absolute Gasteiger partial charge is 0.453 e. The van der Waals surface area contributed by atoms with Crippen molar-refractivity contribution in [2.45, 2.75) is 25.6 Å². The van der Waals surface area contributed by atoms with Crippen molar-refractivity contribution in [3.05, 3.63) is 18.0 Å². The minimum Gasteiger partial charge on any atom is -0.379 e. The number of alkyl halides is 3. The van der Waals surface area contributed by atoms with Gasteiger partial charge in [-0.2, -0.15) is 17.7 Å². The Morgan fingerprint density at radius 3 is 2.73 bits per heavy atom. The maximum Gasteiger partial charge on any atom is 0.453 e. The van der Waals surface area contributed by atoms with Gasteiger partial charge in [0.15, 0.2) is 5.65 Å². The lowest BCUT2D eigenvalue weighted by Crippen LogP contribution is -2.44. The van der Waals surface area contributed by atoms with Crippen LogP contribution in [0.25, 0.3) is 5.65 Å². The second-order valence-electron chi connectivity index (χ2n) is 5.47. The van der Waals surface area contributed by atoms with Gasteiger partial charge in [-0.25, -0.2) is 0 Å². The first-order chi connectivity index (χ1) is 10.4. The van der Waals surface area contributed by atoms with Crippen LogP contribution in [0.5, 0.6) is 0 Å². The normalized spacial score (nSPS) is 23.2. The Morgan fingerprint density at radius 1 is 1.27 bits per heavy atom. The molecule has 1 saturated heterocycles. The molecule has 22 heavy (non-hydrogen) atoms. The number of fused-ring (bicyclic) bond motifs is 1. The summed E-state index contributed by atoms with van der Waals surface area (Å²) in [6.07, 6.45) is -3.66. The van der Waals surface area contributed by atoms with E-state index in [0.29, 0.717) is 18.3 Å². The first-order valence-electron chi connectivity index (χ1n) is 6.97. The summed E-state index contributed by atoms with van der Waals surface area (Å²) >= 11 is 0. The van der Waals surface area contributed by atoms with Crippen LogP contribution in [-0.2, 0) is 10.9 Å². The van der Waals surface area contributed by atoms with Gasteiger partial charge >= 0.3 is 6.18 Å². The van der Waals surface area contributed by atoms with Crippen LogP contribution < -0.4 is 4.90 Å². The van der Waals surface area contributed by atoms with E-state index in [4.69, 9.17) is 4.74 Å². The van der Waals surface area contributed by atoms with Crippen molar-refractivity contribution < 1.29 is 17.9 Å². The van der Waals surface area contributed by atoms with E-state index in [1.807, 2.05) is 4.90 Å². The zero-order chi connectivity index (χ0) is 15.9. The zero-order valence-corrected chi connectivity index (χ0v) is 12.2. The summed E-state index contributed by atoms with van der Waals surface area (Å²) in [4.78, 5) is 1.92. The fourth-order valence-corrected chi connectivity index (χ4v) is 2.67. The van der Waals surface area contributed by atoms with Crippen molar-refractivity contribution in [2.75, 3.05) is 25.1 Å². The molecule has 0 amide bonds. The molecule has 1 aliphatic heterocycles. The molecule has 9 heteroatoms. The first-order valence-corrected chi connectivity index (χ1v) is 6.97. The molecule has 2 aromatic heterocycles.